The lowest BCUT2D eigenvalue weighted by atomic mass is 10.2. The van der Waals surface area contributed by atoms with Gasteiger partial charge in [0.05, 0.1) is 0 Å². The monoisotopic (exact) mass is 275 g/mol. The van der Waals surface area contributed by atoms with Gasteiger partial charge in [0.1, 0.15) is 12.4 Å². The zero-order valence-corrected chi connectivity index (χ0v) is 11.5. The second kappa shape index (κ2) is 9.33. The van der Waals surface area contributed by atoms with Crippen LogP contribution >= 0.6 is 24.2 Å². The number of nitrogens with two attached hydrogens (primary N) is 1. The van der Waals surface area contributed by atoms with E-state index in [1.807, 2.05) is 31.2 Å². The fraction of sp³-hybridized carbons (Fsp3) is 0.417. The summed E-state index contributed by atoms with van der Waals surface area (Å²) in [5.74, 6) is 1.51. The molecule has 0 radical (unpaired) electrons. The predicted octanol–water partition coefficient (Wildman–Crippen LogP) is 2.62. The number of carbonyl (C=O) groups is 1. The SMILES string of the molecule is CCC(=O)SCc1cccc(OCCN)c1.Cl. The molecule has 0 bridgehead atoms. The Morgan fingerprint density at radius 2 is 2.24 bits per heavy atom. The van der Waals surface area contributed by atoms with Crippen LogP contribution in [0.1, 0.15) is 18.9 Å². The van der Waals surface area contributed by atoms with E-state index in [9.17, 15) is 4.79 Å². The molecule has 0 fully saturated rings. The summed E-state index contributed by atoms with van der Waals surface area (Å²) in [5, 5.41) is 0.216. The van der Waals surface area contributed by atoms with Gasteiger partial charge < -0.3 is 10.5 Å². The second-order valence-corrected chi connectivity index (χ2v) is 4.33. The molecule has 1 aromatic rings. The van der Waals surface area contributed by atoms with Crippen molar-refractivity contribution < 1.29 is 9.53 Å². The van der Waals surface area contributed by atoms with Crippen molar-refractivity contribution in [3.63, 3.8) is 0 Å². The lowest BCUT2D eigenvalue weighted by Gasteiger charge is -2.06. The summed E-state index contributed by atoms with van der Waals surface area (Å²) in [4.78, 5) is 11.2. The van der Waals surface area contributed by atoms with Gasteiger partial charge in [0, 0.05) is 18.7 Å². The molecule has 0 saturated heterocycles. The summed E-state index contributed by atoms with van der Waals surface area (Å²) < 4.78 is 5.41. The maximum Gasteiger partial charge on any atom is 0.188 e. The van der Waals surface area contributed by atoms with Crippen LogP contribution in [0.25, 0.3) is 0 Å². The molecule has 0 aliphatic heterocycles. The molecule has 0 amide bonds. The molecule has 1 rings (SSSR count). The van der Waals surface area contributed by atoms with Crippen molar-refractivity contribution in [3.05, 3.63) is 29.8 Å². The Balaban J connectivity index is 0.00000256. The largest absolute Gasteiger partial charge is 0.492 e. The molecular weight excluding hydrogens is 258 g/mol. The van der Waals surface area contributed by atoms with Crippen molar-refractivity contribution in [3.8, 4) is 5.75 Å². The smallest absolute Gasteiger partial charge is 0.188 e. The van der Waals surface area contributed by atoms with Gasteiger partial charge in [0.25, 0.3) is 0 Å². The van der Waals surface area contributed by atoms with Crippen molar-refractivity contribution in [1.82, 2.24) is 0 Å². The third kappa shape index (κ3) is 6.56. The molecule has 0 aromatic heterocycles. The quantitative estimate of drug-likeness (QED) is 0.867. The van der Waals surface area contributed by atoms with Crippen molar-refractivity contribution >= 4 is 29.3 Å². The van der Waals surface area contributed by atoms with E-state index < -0.39 is 0 Å². The van der Waals surface area contributed by atoms with Crippen molar-refractivity contribution in [2.45, 2.75) is 19.1 Å². The van der Waals surface area contributed by atoms with Crippen LogP contribution in [-0.4, -0.2) is 18.3 Å². The Morgan fingerprint density at radius 3 is 2.88 bits per heavy atom. The van der Waals surface area contributed by atoms with Crippen LogP contribution < -0.4 is 10.5 Å². The van der Waals surface area contributed by atoms with E-state index in [0.717, 1.165) is 11.3 Å². The number of carbonyl (C=O) groups excluding carboxylic acids is 1. The lowest BCUT2D eigenvalue weighted by Crippen LogP contribution is -2.10. The summed E-state index contributed by atoms with van der Waals surface area (Å²) in [5.41, 5.74) is 6.46. The van der Waals surface area contributed by atoms with E-state index in [-0.39, 0.29) is 17.5 Å². The van der Waals surface area contributed by atoms with Gasteiger partial charge in [0.2, 0.25) is 0 Å². The van der Waals surface area contributed by atoms with Crippen LogP contribution in [0.5, 0.6) is 5.75 Å². The summed E-state index contributed by atoms with van der Waals surface area (Å²) in [6.07, 6.45) is 0.577. The van der Waals surface area contributed by atoms with Crippen LogP contribution in [0.2, 0.25) is 0 Å². The molecule has 2 N–H and O–H groups in total. The highest BCUT2D eigenvalue weighted by molar-refractivity contribution is 8.12. The van der Waals surface area contributed by atoms with E-state index >= 15 is 0 Å². The Morgan fingerprint density at radius 1 is 1.47 bits per heavy atom. The second-order valence-electron chi connectivity index (χ2n) is 3.30. The molecule has 0 aliphatic rings. The first-order valence-corrected chi connectivity index (χ1v) is 6.32. The normalized spacial score (nSPS) is 9.53. The predicted molar refractivity (Wildman–Crippen MR) is 74.8 cm³/mol. The average molecular weight is 276 g/mol. The molecule has 5 heteroatoms. The number of thioether (sulfide) groups is 1. The van der Waals surface area contributed by atoms with Gasteiger partial charge in [-0.05, 0) is 17.7 Å². The summed E-state index contributed by atoms with van der Waals surface area (Å²) in [7, 11) is 0. The third-order valence-corrected chi connectivity index (χ3v) is 3.06. The number of ether oxygens (including phenoxy) is 1. The van der Waals surface area contributed by atoms with Gasteiger partial charge in [-0.25, -0.2) is 0 Å². The first kappa shape index (κ1) is 16.3. The Hall–Kier alpha value is -0.710. The van der Waals surface area contributed by atoms with E-state index in [2.05, 4.69) is 0 Å². The van der Waals surface area contributed by atoms with Gasteiger partial charge in [-0.15, -0.1) is 12.4 Å². The fourth-order valence-corrected chi connectivity index (χ4v) is 1.88. The molecule has 96 valence electrons. The fourth-order valence-electron chi connectivity index (χ4n) is 1.17. The molecule has 17 heavy (non-hydrogen) atoms. The van der Waals surface area contributed by atoms with E-state index in [1.165, 1.54) is 11.8 Å². The van der Waals surface area contributed by atoms with Gasteiger partial charge >= 0.3 is 0 Å². The highest BCUT2D eigenvalue weighted by Gasteiger charge is 2.01. The molecular formula is C12H18ClNO2S. The highest BCUT2D eigenvalue weighted by atomic mass is 35.5. The molecule has 0 unspecified atom stereocenters. The highest BCUT2D eigenvalue weighted by Crippen LogP contribution is 2.19. The van der Waals surface area contributed by atoms with Crippen molar-refractivity contribution in [2.75, 3.05) is 13.2 Å². The molecule has 0 saturated carbocycles. The van der Waals surface area contributed by atoms with Crippen molar-refractivity contribution in [2.24, 2.45) is 5.73 Å². The topological polar surface area (TPSA) is 52.3 Å². The van der Waals surface area contributed by atoms with Crippen LogP contribution in [0.15, 0.2) is 24.3 Å². The average Bonchev–Trinajstić information content (AvgIpc) is 2.34. The van der Waals surface area contributed by atoms with Crippen LogP contribution in [0.4, 0.5) is 0 Å². The van der Waals surface area contributed by atoms with E-state index in [4.69, 9.17) is 10.5 Å². The zero-order chi connectivity index (χ0) is 11.8. The molecule has 0 spiro atoms. The van der Waals surface area contributed by atoms with Crippen LogP contribution in [-0.2, 0) is 10.5 Å². The minimum absolute atomic E-state index is 0. The maximum atomic E-state index is 11.2. The van der Waals surface area contributed by atoms with Gasteiger partial charge in [-0.1, -0.05) is 30.8 Å². The van der Waals surface area contributed by atoms with Crippen LogP contribution in [0, 0.1) is 0 Å². The minimum atomic E-state index is 0. The van der Waals surface area contributed by atoms with Gasteiger partial charge in [-0.3, -0.25) is 4.79 Å². The molecule has 0 atom stereocenters. The molecule has 0 heterocycles. The van der Waals surface area contributed by atoms with E-state index in [1.54, 1.807) is 0 Å². The maximum absolute atomic E-state index is 11.2. The molecule has 3 nitrogen and oxygen atoms in total. The minimum Gasteiger partial charge on any atom is -0.492 e. The summed E-state index contributed by atoms with van der Waals surface area (Å²) >= 11 is 1.34. The molecule has 1 aromatic carbocycles. The van der Waals surface area contributed by atoms with Crippen LogP contribution in [0.3, 0.4) is 0 Å². The Labute approximate surface area is 113 Å². The first-order chi connectivity index (χ1) is 7.76. The Bertz CT molecular complexity index is 347. The summed E-state index contributed by atoms with van der Waals surface area (Å²) in [6.45, 7) is 2.90. The first-order valence-electron chi connectivity index (χ1n) is 5.33. The third-order valence-electron chi connectivity index (χ3n) is 1.97. The Kier molecular flexibility index (Phi) is 8.94. The standard InChI is InChI=1S/C12H17NO2S.ClH/c1-2-12(14)16-9-10-4-3-5-11(8-10)15-7-6-13;/h3-5,8H,2,6-7,9,13H2,1H3;1H. The van der Waals surface area contributed by atoms with Crippen molar-refractivity contribution in [1.29, 1.82) is 0 Å². The number of benzene rings is 1. The number of hydrogen-bond acceptors (Lipinski definition) is 4. The number of rotatable bonds is 6. The zero-order valence-electron chi connectivity index (χ0n) is 9.85. The van der Waals surface area contributed by atoms with Gasteiger partial charge in [0.15, 0.2) is 5.12 Å². The number of hydrogen-bond donors (Lipinski definition) is 1. The lowest BCUT2D eigenvalue weighted by molar-refractivity contribution is -0.110. The summed E-state index contributed by atoms with van der Waals surface area (Å²) in [6, 6.07) is 7.76. The van der Waals surface area contributed by atoms with E-state index in [0.29, 0.717) is 25.3 Å². The number of halogens is 1. The van der Waals surface area contributed by atoms with Gasteiger partial charge in [-0.2, -0.15) is 0 Å². The molecule has 0 aliphatic carbocycles.